The summed E-state index contributed by atoms with van der Waals surface area (Å²) in [6.45, 7) is 2.60. The summed E-state index contributed by atoms with van der Waals surface area (Å²) < 4.78 is 25.0. The Hall–Kier alpha value is -1.61. The van der Waals surface area contributed by atoms with Crippen LogP contribution in [0.1, 0.15) is 13.3 Å². The van der Waals surface area contributed by atoms with E-state index in [2.05, 4.69) is 15.4 Å². The fraction of sp³-hybridized carbons (Fsp3) is 0.400. The first-order valence-electron chi connectivity index (χ1n) is 5.67. The predicted octanol–water partition coefficient (Wildman–Crippen LogP) is 1.14. The summed E-state index contributed by atoms with van der Waals surface area (Å²) in [6.07, 6.45) is 3.58. The van der Waals surface area contributed by atoms with Crippen molar-refractivity contribution in [3.05, 3.63) is 11.6 Å². The van der Waals surface area contributed by atoms with Gasteiger partial charge in [-0.25, -0.2) is 13.4 Å². The van der Waals surface area contributed by atoms with Gasteiger partial charge in [0, 0.05) is 24.4 Å². The summed E-state index contributed by atoms with van der Waals surface area (Å²) in [7, 11) is -3.46. The lowest BCUT2D eigenvalue weighted by Gasteiger charge is -2.02. The van der Waals surface area contributed by atoms with Gasteiger partial charge in [-0.05, 0) is 6.42 Å². The topological polar surface area (TPSA) is 103 Å². The second-order valence-electron chi connectivity index (χ2n) is 3.99. The van der Waals surface area contributed by atoms with E-state index in [9.17, 15) is 8.42 Å². The SMILES string of the molecule is CCCNc1nn(-c2nccs2)c(N)c1S(C)(=O)=O. The smallest absolute Gasteiger partial charge is 0.212 e. The van der Waals surface area contributed by atoms with Crippen LogP contribution in [0, 0.1) is 0 Å². The Bertz CT molecular complexity index is 660. The molecule has 0 spiro atoms. The fourth-order valence-corrected chi connectivity index (χ4v) is 3.14. The number of anilines is 2. The van der Waals surface area contributed by atoms with E-state index >= 15 is 0 Å². The van der Waals surface area contributed by atoms with Crippen molar-refractivity contribution in [2.24, 2.45) is 0 Å². The Labute approximate surface area is 115 Å². The molecule has 0 aliphatic carbocycles. The van der Waals surface area contributed by atoms with Gasteiger partial charge in [0.1, 0.15) is 0 Å². The molecule has 0 radical (unpaired) electrons. The number of sulfone groups is 1. The highest BCUT2D eigenvalue weighted by Crippen LogP contribution is 2.29. The van der Waals surface area contributed by atoms with E-state index in [0.717, 1.165) is 12.7 Å². The number of nitrogen functional groups attached to an aromatic ring is 1. The van der Waals surface area contributed by atoms with Gasteiger partial charge in [-0.3, -0.25) is 0 Å². The van der Waals surface area contributed by atoms with Crippen LogP contribution < -0.4 is 11.1 Å². The number of nitrogens with one attached hydrogen (secondary N) is 1. The molecule has 0 fully saturated rings. The third kappa shape index (κ3) is 2.71. The van der Waals surface area contributed by atoms with Crippen molar-refractivity contribution in [1.82, 2.24) is 14.8 Å². The van der Waals surface area contributed by atoms with Gasteiger partial charge in [0.2, 0.25) is 5.13 Å². The molecule has 2 aromatic rings. The Morgan fingerprint density at radius 3 is 2.79 bits per heavy atom. The quantitative estimate of drug-likeness (QED) is 0.858. The van der Waals surface area contributed by atoms with Gasteiger partial charge in [0.25, 0.3) is 0 Å². The zero-order chi connectivity index (χ0) is 14.0. The Morgan fingerprint density at radius 2 is 2.26 bits per heavy atom. The molecule has 0 unspecified atom stereocenters. The van der Waals surface area contributed by atoms with Gasteiger partial charge in [0.15, 0.2) is 26.4 Å². The molecule has 9 heteroatoms. The molecule has 2 rings (SSSR count). The zero-order valence-corrected chi connectivity index (χ0v) is 12.3. The average molecular weight is 301 g/mol. The molecular formula is C10H15N5O2S2. The van der Waals surface area contributed by atoms with Crippen molar-refractivity contribution in [2.75, 3.05) is 23.9 Å². The molecule has 7 nitrogen and oxygen atoms in total. The number of rotatable bonds is 5. The van der Waals surface area contributed by atoms with Crippen LogP contribution >= 0.6 is 11.3 Å². The molecule has 2 heterocycles. The molecular weight excluding hydrogens is 286 g/mol. The van der Waals surface area contributed by atoms with Crippen LogP contribution in [0.25, 0.3) is 5.13 Å². The van der Waals surface area contributed by atoms with Gasteiger partial charge in [0.05, 0.1) is 0 Å². The molecule has 0 aliphatic rings. The first-order chi connectivity index (χ1) is 8.95. The van der Waals surface area contributed by atoms with Crippen LogP contribution in [-0.2, 0) is 9.84 Å². The van der Waals surface area contributed by atoms with Crippen LogP contribution in [-0.4, -0.2) is 36.0 Å². The minimum atomic E-state index is -3.46. The molecule has 0 saturated heterocycles. The van der Waals surface area contributed by atoms with Crippen molar-refractivity contribution < 1.29 is 8.42 Å². The van der Waals surface area contributed by atoms with Crippen molar-refractivity contribution in [2.45, 2.75) is 18.2 Å². The van der Waals surface area contributed by atoms with Crippen molar-refractivity contribution >= 4 is 32.8 Å². The molecule has 0 aliphatic heterocycles. The molecule has 0 amide bonds. The van der Waals surface area contributed by atoms with E-state index in [4.69, 9.17) is 5.73 Å². The first-order valence-corrected chi connectivity index (χ1v) is 8.44. The lowest BCUT2D eigenvalue weighted by molar-refractivity contribution is 0.602. The highest BCUT2D eigenvalue weighted by Gasteiger charge is 2.25. The summed E-state index contributed by atoms with van der Waals surface area (Å²) in [4.78, 5) is 4.10. The average Bonchev–Trinajstić information content (AvgIpc) is 2.92. The number of thiazole rings is 1. The molecule has 3 N–H and O–H groups in total. The maximum atomic E-state index is 11.8. The first kappa shape index (κ1) is 13.8. The largest absolute Gasteiger partial charge is 0.382 e. The highest BCUT2D eigenvalue weighted by atomic mass is 32.2. The van der Waals surface area contributed by atoms with E-state index < -0.39 is 9.84 Å². The minimum Gasteiger partial charge on any atom is -0.382 e. The maximum Gasteiger partial charge on any atom is 0.212 e. The van der Waals surface area contributed by atoms with Gasteiger partial charge in [-0.1, -0.05) is 6.92 Å². The Kier molecular flexibility index (Phi) is 3.76. The number of nitrogens with zero attached hydrogens (tertiary/aromatic N) is 3. The predicted molar refractivity (Wildman–Crippen MR) is 75.5 cm³/mol. The van der Waals surface area contributed by atoms with Crippen LogP contribution in [0.2, 0.25) is 0 Å². The molecule has 19 heavy (non-hydrogen) atoms. The number of aromatic nitrogens is 3. The van der Waals surface area contributed by atoms with Gasteiger partial charge < -0.3 is 11.1 Å². The van der Waals surface area contributed by atoms with Crippen molar-refractivity contribution in [3.8, 4) is 5.13 Å². The third-order valence-corrected chi connectivity index (χ3v) is 4.28. The van der Waals surface area contributed by atoms with Gasteiger partial charge >= 0.3 is 0 Å². The number of nitrogens with two attached hydrogens (primary N) is 1. The second kappa shape index (κ2) is 5.17. The zero-order valence-electron chi connectivity index (χ0n) is 10.6. The van der Waals surface area contributed by atoms with Gasteiger partial charge in [-0.15, -0.1) is 16.4 Å². The molecule has 0 aromatic carbocycles. The van der Waals surface area contributed by atoms with Crippen LogP contribution in [0.15, 0.2) is 16.5 Å². The maximum absolute atomic E-state index is 11.8. The Balaban J connectivity index is 2.57. The fourth-order valence-electron chi connectivity index (χ4n) is 1.61. The number of hydrogen-bond donors (Lipinski definition) is 2. The van der Waals surface area contributed by atoms with Crippen LogP contribution in [0.3, 0.4) is 0 Å². The molecule has 2 aromatic heterocycles. The summed E-state index contributed by atoms with van der Waals surface area (Å²) in [5.41, 5.74) is 5.90. The van der Waals surface area contributed by atoms with E-state index in [1.54, 1.807) is 11.6 Å². The normalized spacial score (nSPS) is 11.7. The van der Waals surface area contributed by atoms with E-state index in [1.165, 1.54) is 16.0 Å². The second-order valence-corrected chi connectivity index (χ2v) is 6.81. The Morgan fingerprint density at radius 1 is 1.53 bits per heavy atom. The summed E-state index contributed by atoms with van der Waals surface area (Å²) in [5.74, 6) is 0.355. The number of hydrogen-bond acceptors (Lipinski definition) is 7. The van der Waals surface area contributed by atoms with E-state index in [1.807, 2.05) is 6.92 Å². The molecule has 104 valence electrons. The monoisotopic (exact) mass is 301 g/mol. The summed E-state index contributed by atoms with van der Waals surface area (Å²) in [6, 6.07) is 0. The minimum absolute atomic E-state index is 0.0242. The summed E-state index contributed by atoms with van der Waals surface area (Å²) in [5, 5.41) is 9.49. The van der Waals surface area contributed by atoms with Crippen molar-refractivity contribution in [1.29, 1.82) is 0 Å². The van der Waals surface area contributed by atoms with E-state index in [-0.39, 0.29) is 16.5 Å². The lowest BCUT2D eigenvalue weighted by atomic mass is 10.4. The molecule has 0 saturated carbocycles. The summed E-state index contributed by atoms with van der Waals surface area (Å²) >= 11 is 1.33. The van der Waals surface area contributed by atoms with Crippen LogP contribution in [0.4, 0.5) is 11.6 Å². The highest BCUT2D eigenvalue weighted by molar-refractivity contribution is 7.91. The van der Waals surface area contributed by atoms with Crippen LogP contribution in [0.5, 0.6) is 0 Å². The van der Waals surface area contributed by atoms with Crippen molar-refractivity contribution in [3.63, 3.8) is 0 Å². The van der Waals surface area contributed by atoms with E-state index in [0.29, 0.717) is 11.7 Å². The van der Waals surface area contributed by atoms with Gasteiger partial charge in [-0.2, -0.15) is 4.68 Å². The third-order valence-electron chi connectivity index (χ3n) is 2.39. The standard InChI is InChI=1S/C10H15N5O2S2/c1-3-4-12-9-7(19(2,16)17)8(11)15(14-9)10-13-5-6-18-10/h5-6H,3-4,11H2,1-2H3,(H,12,14). The molecule has 0 atom stereocenters. The lowest BCUT2D eigenvalue weighted by Crippen LogP contribution is -2.07. The molecule has 0 bridgehead atoms.